The van der Waals surface area contributed by atoms with Crippen LogP contribution in [0.2, 0.25) is 20.1 Å². The molecule has 0 aromatic heterocycles. The summed E-state index contributed by atoms with van der Waals surface area (Å²) in [5.41, 5.74) is -0.847. The van der Waals surface area contributed by atoms with E-state index in [-0.39, 0.29) is 44.7 Å². The van der Waals surface area contributed by atoms with E-state index in [4.69, 9.17) is 46.4 Å². The van der Waals surface area contributed by atoms with Crippen LogP contribution in [0.4, 0.5) is 0 Å². The fourth-order valence-corrected chi connectivity index (χ4v) is 3.93. The Balaban J connectivity index is 0.00000242. The summed E-state index contributed by atoms with van der Waals surface area (Å²) in [5.74, 6) is -1.87. The van der Waals surface area contributed by atoms with E-state index in [0.717, 1.165) is 0 Å². The van der Waals surface area contributed by atoms with Gasteiger partial charge in [0.2, 0.25) is 0 Å². The van der Waals surface area contributed by atoms with Crippen LogP contribution in [0.25, 0.3) is 10.8 Å². The van der Waals surface area contributed by atoms with E-state index >= 15 is 0 Å². The molecule has 0 saturated carbocycles. The molecule has 0 heterocycles. The Hall–Kier alpha value is -0.163. The van der Waals surface area contributed by atoms with E-state index in [1.54, 1.807) is 0 Å². The topological polar surface area (TPSA) is 94.5 Å². The molecule has 0 aliphatic carbocycles. The van der Waals surface area contributed by atoms with Crippen molar-refractivity contribution in [3.63, 3.8) is 0 Å². The number of carboxylic acids is 1. The van der Waals surface area contributed by atoms with Gasteiger partial charge in [-0.2, -0.15) is 8.42 Å². The Kier molecular flexibility index (Phi) is 6.11. The number of carbonyl (C=O) groups excluding carboxylic acids is 1. The number of fused-ring (bicyclic) bond motifs is 1. The third-order valence-electron chi connectivity index (χ3n) is 2.66. The Bertz CT molecular complexity index is 897. The van der Waals surface area contributed by atoms with Crippen molar-refractivity contribution in [3.05, 3.63) is 37.8 Å². The second kappa shape index (κ2) is 6.76. The monoisotopic (exact) mass is 394 g/mol. The first-order chi connectivity index (χ1) is 9.57. The van der Waals surface area contributed by atoms with Crippen molar-refractivity contribution in [1.29, 1.82) is 0 Å². The molecule has 112 valence electrons. The third-order valence-corrected chi connectivity index (χ3v) is 5.36. The van der Waals surface area contributed by atoms with E-state index in [1.165, 1.54) is 12.1 Å². The second-order valence-electron chi connectivity index (χ2n) is 3.88. The van der Waals surface area contributed by atoms with Gasteiger partial charge in [-0.15, -0.1) is 0 Å². The molecule has 0 aliphatic heterocycles. The predicted octanol–water partition coefficient (Wildman–Crippen LogP) is 0.0676. The Morgan fingerprint density at radius 2 is 1.59 bits per heavy atom. The van der Waals surface area contributed by atoms with Crippen LogP contribution < -0.4 is 24.0 Å². The molecule has 0 unspecified atom stereocenters. The zero-order valence-electron chi connectivity index (χ0n) is 10.7. The maximum Gasteiger partial charge on any atom is 1.00 e. The summed E-state index contributed by atoms with van der Waals surface area (Å²) < 4.78 is 32.0. The predicted molar refractivity (Wildman–Crippen MR) is 78.1 cm³/mol. The van der Waals surface area contributed by atoms with Gasteiger partial charge in [0.25, 0.3) is 10.1 Å². The van der Waals surface area contributed by atoms with E-state index in [9.17, 15) is 22.9 Å². The molecule has 0 amide bonds. The molecule has 5 nitrogen and oxygen atoms in total. The van der Waals surface area contributed by atoms with Gasteiger partial charge in [0, 0.05) is 10.9 Å². The molecule has 0 fully saturated rings. The van der Waals surface area contributed by atoms with Crippen molar-refractivity contribution in [2.24, 2.45) is 0 Å². The molecule has 0 aliphatic rings. The zero-order chi connectivity index (χ0) is 16.1. The van der Waals surface area contributed by atoms with Crippen molar-refractivity contribution >= 4 is 73.3 Å². The first-order valence-electron chi connectivity index (χ1n) is 5.04. The van der Waals surface area contributed by atoms with Gasteiger partial charge in [-0.25, -0.2) is 0 Å². The average Bonchev–Trinajstić information content (AvgIpc) is 2.35. The molecule has 2 aromatic carbocycles. The quantitative estimate of drug-likeness (QED) is 0.573. The fourth-order valence-electron chi connectivity index (χ4n) is 1.86. The summed E-state index contributed by atoms with van der Waals surface area (Å²) in [7, 11) is -4.96. The van der Waals surface area contributed by atoms with Gasteiger partial charge in [0.1, 0.15) is 4.90 Å². The van der Waals surface area contributed by atoms with E-state index in [1.807, 2.05) is 0 Å². The van der Waals surface area contributed by atoms with Gasteiger partial charge in [-0.3, -0.25) is 4.55 Å². The van der Waals surface area contributed by atoms with Crippen LogP contribution in [0.3, 0.4) is 0 Å². The van der Waals surface area contributed by atoms with Crippen LogP contribution in [0, 0.1) is 0 Å². The minimum Gasteiger partial charge on any atom is -0.545 e. The van der Waals surface area contributed by atoms with Crippen LogP contribution in [0.5, 0.6) is 0 Å². The molecule has 0 bridgehead atoms. The first-order valence-corrected chi connectivity index (χ1v) is 8.00. The maximum absolute atomic E-state index is 11.4. The summed E-state index contributed by atoms with van der Waals surface area (Å²) in [4.78, 5) is 10.2. The number of carboxylic acid groups (broad SMARTS) is 1. The average molecular weight is 396 g/mol. The van der Waals surface area contributed by atoms with Gasteiger partial charge < -0.3 is 9.90 Å². The Morgan fingerprint density at radius 1 is 1.05 bits per heavy atom. The first kappa shape index (κ1) is 19.9. The summed E-state index contributed by atoms with van der Waals surface area (Å²) in [6.07, 6.45) is 0. The van der Waals surface area contributed by atoms with Crippen molar-refractivity contribution in [2.75, 3.05) is 0 Å². The van der Waals surface area contributed by atoms with Crippen molar-refractivity contribution in [2.45, 2.75) is 4.90 Å². The molecule has 0 atom stereocenters. The van der Waals surface area contributed by atoms with E-state index in [0.29, 0.717) is 0 Å². The molecule has 11 heteroatoms. The molecule has 0 spiro atoms. The summed E-state index contributed by atoms with van der Waals surface area (Å²) in [6.45, 7) is 0. The van der Waals surface area contributed by atoms with Crippen LogP contribution in [-0.4, -0.2) is 18.9 Å². The zero-order valence-corrected chi connectivity index (χ0v) is 14.5. The number of aromatic carboxylic acids is 1. The van der Waals surface area contributed by atoms with Crippen LogP contribution in [-0.2, 0) is 10.1 Å². The Morgan fingerprint density at radius 3 is 2.05 bits per heavy atom. The molecule has 0 saturated heterocycles. The minimum atomic E-state index is -4.96. The molecule has 22 heavy (non-hydrogen) atoms. The fraction of sp³-hybridized carbons (Fsp3) is 0. The minimum absolute atomic E-state index is 0. The summed E-state index contributed by atoms with van der Waals surface area (Å²) >= 11 is 23.4. The van der Waals surface area contributed by atoms with Gasteiger partial charge >= 0.3 is 18.9 Å². The normalized spacial score (nSPS) is 11.3. The number of halogens is 4. The van der Waals surface area contributed by atoms with Crippen LogP contribution >= 0.6 is 46.4 Å². The largest absolute Gasteiger partial charge is 1.00 e. The summed E-state index contributed by atoms with van der Waals surface area (Å²) in [6, 6.07) is 2.43. The molecule has 1 N–H and O–H groups in total. The number of rotatable bonds is 2. The second-order valence-corrected chi connectivity index (χ2v) is 6.78. The van der Waals surface area contributed by atoms with Gasteiger partial charge in [-0.05, 0) is 11.5 Å². The molecule has 0 radical (unpaired) electrons. The number of carbonyl (C=O) groups is 1. The van der Waals surface area contributed by atoms with Crippen molar-refractivity contribution in [1.82, 2.24) is 0 Å². The SMILES string of the molecule is O=C([O-])c1c(S(=O)(=O)O)c(Cl)c(Cl)c2c(Cl)c(Cl)ccc12.[Li+]. The van der Waals surface area contributed by atoms with Crippen molar-refractivity contribution < 1.29 is 41.7 Å². The number of hydrogen-bond acceptors (Lipinski definition) is 4. The molecular formula is C11H3Cl4LiO5S. The van der Waals surface area contributed by atoms with Crippen molar-refractivity contribution in [3.8, 4) is 0 Å². The standard InChI is InChI=1S/C11H4Cl4O5S.Li/c12-4-2-1-3-5(7(4)13)8(14)9(15)10(21(18,19)20)6(3)11(16)17;/h1-2H,(H,16,17)(H,18,19,20);/q;+1/p-1. The maximum atomic E-state index is 11.4. The van der Waals surface area contributed by atoms with Crippen LogP contribution in [0.1, 0.15) is 10.4 Å². The van der Waals surface area contributed by atoms with Gasteiger partial charge in [0.05, 0.1) is 26.1 Å². The third kappa shape index (κ3) is 3.21. The summed E-state index contributed by atoms with van der Waals surface area (Å²) in [5, 5.41) is 9.97. The number of hydrogen-bond donors (Lipinski definition) is 1. The molecular weight excluding hydrogens is 393 g/mol. The van der Waals surface area contributed by atoms with E-state index in [2.05, 4.69) is 0 Å². The van der Waals surface area contributed by atoms with E-state index < -0.39 is 31.6 Å². The molecule has 2 rings (SSSR count). The van der Waals surface area contributed by atoms with Gasteiger partial charge in [0.15, 0.2) is 0 Å². The smallest absolute Gasteiger partial charge is 0.545 e. The molecule has 2 aromatic rings. The Labute approximate surface area is 157 Å². The van der Waals surface area contributed by atoms with Gasteiger partial charge in [-0.1, -0.05) is 52.5 Å². The van der Waals surface area contributed by atoms with Crippen LogP contribution in [0.15, 0.2) is 17.0 Å². The number of benzene rings is 2.